The molecule has 0 aliphatic heterocycles. The van der Waals surface area contributed by atoms with Gasteiger partial charge in [0.25, 0.3) is 10.0 Å². The second kappa shape index (κ2) is 10.3. The summed E-state index contributed by atoms with van der Waals surface area (Å²) in [5, 5.41) is -0.414. The highest BCUT2D eigenvalue weighted by Crippen LogP contribution is 2.36. The number of hydrogen-bond donors (Lipinski definition) is 0. The molecule has 6 nitrogen and oxygen atoms in total. The van der Waals surface area contributed by atoms with Gasteiger partial charge in [-0.1, -0.05) is 43.7 Å². The third-order valence-electron chi connectivity index (χ3n) is 5.71. The van der Waals surface area contributed by atoms with Gasteiger partial charge >= 0.3 is 12.1 Å². The van der Waals surface area contributed by atoms with Crippen molar-refractivity contribution in [2.75, 3.05) is 18.0 Å². The van der Waals surface area contributed by atoms with Crippen LogP contribution in [-0.4, -0.2) is 33.0 Å². The Morgan fingerprint density at radius 1 is 1.18 bits per heavy atom. The summed E-state index contributed by atoms with van der Waals surface area (Å²) < 4.78 is 71.7. The largest absolute Gasteiger partial charge is 0.465 e. The van der Waals surface area contributed by atoms with E-state index in [-0.39, 0.29) is 22.8 Å². The van der Waals surface area contributed by atoms with E-state index in [1.807, 2.05) is 0 Å². The van der Waals surface area contributed by atoms with Crippen LogP contribution in [0.3, 0.4) is 0 Å². The van der Waals surface area contributed by atoms with Gasteiger partial charge in [0.1, 0.15) is 0 Å². The molecule has 1 heterocycles. The maximum absolute atomic E-state index is 13.5. The Morgan fingerprint density at radius 2 is 1.82 bits per heavy atom. The normalized spacial score (nSPS) is 15.3. The van der Waals surface area contributed by atoms with Crippen LogP contribution >= 0.6 is 11.6 Å². The van der Waals surface area contributed by atoms with Crippen molar-refractivity contribution >= 4 is 33.4 Å². The quantitative estimate of drug-likeness (QED) is 0.452. The standard InChI is InChI=1S/C22H24ClF3N2O4S/c1-32-21(29)16-7-9-18(10-8-16)33(30,31)28(12-11-15-5-3-2-4-6-15)20-19(23)13-17(14-27-20)22(24,25)26/h7-10,13-15H,2-6,11-12H2,1H3. The van der Waals surface area contributed by atoms with Crippen molar-refractivity contribution < 1.29 is 31.1 Å². The van der Waals surface area contributed by atoms with Crippen molar-refractivity contribution in [3.63, 3.8) is 0 Å². The van der Waals surface area contributed by atoms with Crippen molar-refractivity contribution in [2.45, 2.75) is 49.6 Å². The van der Waals surface area contributed by atoms with Crippen LogP contribution in [0.15, 0.2) is 41.4 Å². The number of pyridine rings is 1. The molecule has 1 fully saturated rings. The van der Waals surface area contributed by atoms with Crippen LogP contribution < -0.4 is 4.31 Å². The van der Waals surface area contributed by atoms with Crippen LogP contribution in [0.25, 0.3) is 0 Å². The molecule has 11 heteroatoms. The molecule has 33 heavy (non-hydrogen) atoms. The highest BCUT2D eigenvalue weighted by molar-refractivity contribution is 7.92. The highest BCUT2D eigenvalue weighted by atomic mass is 35.5. The maximum Gasteiger partial charge on any atom is 0.417 e. The van der Waals surface area contributed by atoms with E-state index >= 15 is 0 Å². The van der Waals surface area contributed by atoms with E-state index in [1.165, 1.54) is 31.4 Å². The first-order chi connectivity index (χ1) is 15.5. The molecule has 0 amide bonds. The third-order valence-corrected chi connectivity index (χ3v) is 7.80. The number of anilines is 1. The molecular formula is C22H24ClF3N2O4S. The Balaban J connectivity index is 1.98. The zero-order chi connectivity index (χ0) is 24.2. The molecular weight excluding hydrogens is 481 g/mol. The van der Waals surface area contributed by atoms with Gasteiger partial charge in [-0.05, 0) is 42.7 Å². The van der Waals surface area contributed by atoms with E-state index in [2.05, 4.69) is 9.72 Å². The summed E-state index contributed by atoms with van der Waals surface area (Å²) in [4.78, 5) is 15.3. The Morgan fingerprint density at radius 3 is 2.36 bits per heavy atom. The van der Waals surface area contributed by atoms with Gasteiger partial charge in [-0.15, -0.1) is 0 Å². The third kappa shape index (κ3) is 5.97. The lowest BCUT2D eigenvalue weighted by atomic mass is 9.87. The molecule has 0 saturated heterocycles. The number of rotatable bonds is 7. The SMILES string of the molecule is COC(=O)c1ccc(S(=O)(=O)N(CCC2CCCCC2)c2ncc(C(F)(F)F)cc2Cl)cc1. The van der Waals surface area contributed by atoms with Crippen LogP contribution in [0.4, 0.5) is 19.0 Å². The number of carbonyl (C=O) groups excluding carboxylic acids is 1. The number of alkyl halides is 3. The van der Waals surface area contributed by atoms with Gasteiger partial charge in [-0.2, -0.15) is 13.2 Å². The number of methoxy groups -OCH3 is 1. The zero-order valence-electron chi connectivity index (χ0n) is 17.9. The number of ether oxygens (including phenoxy) is 1. The second-order valence-corrected chi connectivity index (χ2v) is 10.2. The van der Waals surface area contributed by atoms with E-state index in [9.17, 15) is 26.4 Å². The number of carbonyl (C=O) groups is 1. The lowest BCUT2D eigenvalue weighted by molar-refractivity contribution is -0.137. The van der Waals surface area contributed by atoms with Crippen LogP contribution in [0, 0.1) is 5.92 Å². The summed E-state index contributed by atoms with van der Waals surface area (Å²) in [6, 6.07) is 5.77. The number of sulfonamides is 1. The predicted octanol–water partition coefficient (Wildman–Crippen LogP) is 5.71. The lowest BCUT2D eigenvalue weighted by Gasteiger charge is -2.28. The van der Waals surface area contributed by atoms with E-state index < -0.39 is 32.8 Å². The van der Waals surface area contributed by atoms with Crippen molar-refractivity contribution in [1.29, 1.82) is 0 Å². The van der Waals surface area contributed by atoms with Crippen molar-refractivity contribution in [1.82, 2.24) is 4.98 Å². The zero-order valence-corrected chi connectivity index (χ0v) is 19.5. The minimum atomic E-state index is -4.66. The molecule has 180 valence electrons. The molecule has 0 spiro atoms. The Kier molecular flexibility index (Phi) is 7.89. The number of halogens is 4. The second-order valence-electron chi connectivity index (χ2n) is 7.91. The topological polar surface area (TPSA) is 76.6 Å². The van der Waals surface area contributed by atoms with Gasteiger partial charge in [-0.3, -0.25) is 0 Å². The van der Waals surface area contributed by atoms with Gasteiger partial charge in [0.2, 0.25) is 0 Å². The molecule has 0 N–H and O–H groups in total. The minimum Gasteiger partial charge on any atom is -0.465 e. The van der Waals surface area contributed by atoms with E-state index in [1.54, 1.807) is 0 Å². The van der Waals surface area contributed by atoms with E-state index in [0.29, 0.717) is 24.6 Å². The van der Waals surface area contributed by atoms with Gasteiger partial charge in [0.05, 0.1) is 28.2 Å². The molecule has 1 aromatic carbocycles. The number of aromatic nitrogens is 1. The van der Waals surface area contributed by atoms with Crippen LogP contribution in [-0.2, 0) is 20.9 Å². The van der Waals surface area contributed by atoms with Crippen LogP contribution in [0.5, 0.6) is 0 Å². The lowest BCUT2D eigenvalue weighted by Crippen LogP contribution is -2.34. The Bertz CT molecular complexity index is 1090. The summed E-state index contributed by atoms with van der Waals surface area (Å²) in [5.74, 6) is -0.579. The summed E-state index contributed by atoms with van der Waals surface area (Å²) in [5.41, 5.74) is -0.904. The molecule has 0 bridgehead atoms. The predicted molar refractivity (Wildman–Crippen MR) is 118 cm³/mol. The van der Waals surface area contributed by atoms with Crippen LogP contribution in [0.1, 0.15) is 54.4 Å². The van der Waals surface area contributed by atoms with Gasteiger partial charge < -0.3 is 4.74 Å². The molecule has 3 rings (SSSR count). The minimum absolute atomic E-state index is 0.0177. The number of esters is 1. The fraction of sp³-hybridized carbons (Fsp3) is 0.455. The van der Waals surface area contributed by atoms with Gasteiger partial charge in [-0.25, -0.2) is 22.5 Å². The number of nitrogens with zero attached hydrogens (tertiary/aromatic N) is 2. The van der Waals surface area contributed by atoms with E-state index in [0.717, 1.165) is 36.4 Å². The molecule has 0 atom stereocenters. The summed E-state index contributed by atoms with van der Waals surface area (Å²) in [6.07, 6.45) is 1.63. The maximum atomic E-state index is 13.5. The van der Waals surface area contributed by atoms with Crippen molar-refractivity contribution in [3.05, 3.63) is 52.7 Å². The fourth-order valence-corrected chi connectivity index (χ4v) is 5.66. The number of hydrogen-bond acceptors (Lipinski definition) is 5. The average molecular weight is 505 g/mol. The highest BCUT2D eigenvalue weighted by Gasteiger charge is 2.34. The molecule has 1 saturated carbocycles. The molecule has 1 aromatic heterocycles. The number of benzene rings is 1. The van der Waals surface area contributed by atoms with Crippen molar-refractivity contribution in [3.8, 4) is 0 Å². The molecule has 2 aromatic rings. The first kappa shape index (κ1) is 25.3. The summed E-state index contributed by atoms with van der Waals surface area (Å²) >= 11 is 6.10. The first-order valence-electron chi connectivity index (χ1n) is 10.5. The molecule has 1 aliphatic carbocycles. The Hall–Kier alpha value is -2.33. The van der Waals surface area contributed by atoms with Gasteiger partial charge in [0.15, 0.2) is 5.82 Å². The monoisotopic (exact) mass is 504 g/mol. The molecule has 1 aliphatic rings. The molecule has 0 radical (unpaired) electrons. The molecule has 0 unspecified atom stereocenters. The van der Waals surface area contributed by atoms with E-state index in [4.69, 9.17) is 11.6 Å². The van der Waals surface area contributed by atoms with Crippen LogP contribution in [0.2, 0.25) is 5.02 Å². The summed E-state index contributed by atoms with van der Waals surface area (Å²) in [6.45, 7) is 0.0177. The average Bonchev–Trinajstić information content (AvgIpc) is 2.79. The van der Waals surface area contributed by atoms with Gasteiger partial charge in [0, 0.05) is 12.7 Å². The Labute approximate surface area is 195 Å². The van der Waals surface area contributed by atoms with Crippen molar-refractivity contribution in [2.24, 2.45) is 5.92 Å². The fourth-order valence-electron chi connectivity index (χ4n) is 3.89. The smallest absolute Gasteiger partial charge is 0.417 e. The first-order valence-corrected chi connectivity index (χ1v) is 12.3. The summed E-state index contributed by atoms with van der Waals surface area (Å²) in [7, 11) is -3.02.